The molecule has 6 heteroatoms. The molecule has 0 spiro atoms. The minimum absolute atomic E-state index is 0.0406. The van der Waals surface area contributed by atoms with Crippen LogP contribution in [0.15, 0.2) is 66.7 Å². The molecule has 5 nitrogen and oxygen atoms in total. The van der Waals surface area contributed by atoms with E-state index >= 15 is 0 Å². The highest BCUT2D eigenvalue weighted by atomic mass is 19.1. The van der Waals surface area contributed by atoms with Crippen molar-refractivity contribution in [3.05, 3.63) is 100 Å². The number of benzene rings is 3. The van der Waals surface area contributed by atoms with Gasteiger partial charge in [-0.05, 0) is 30.8 Å². The number of rotatable bonds is 5. The van der Waals surface area contributed by atoms with E-state index in [9.17, 15) is 18.8 Å². The summed E-state index contributed by atoms with van der Waals surface area (Å²) < 4.78 is 13.3. The summed E-state index contributed by atoms with van der Waals surface area (Å²) >= 11 is 0. The van der Waals surface area contributed by atoms with E-state index in [0.717, 1.165) is 5.56 Å². The fraction of sp³-hybridized carbons (Fsp3) is 0.125. The van der Waals surface area contributed by atoms with Crippen LogP contribution >= 0.6 is 0 Å². The van der Waals surface area contributed by atoms with E-state index < -0.39 is 0 Å². The van der Waals surface area contributed by atoms with Gasteiger partial charge in [-0.25, -0.2) is 4.39 Å². The van der Waals surface area contributed by atoms with Gasteiger partial charge in [-0.1, -0.05) is 48.5 Å². The molecule has 1 N–H and O–H groups in total. The highest BCUT2D eigenvalue weighted by Gasteiger charge is 2.31. The molecule has 3 aromatic rings. The molecule has 0 bridgehead atoms. The molecule has 0 aliphatic heterocycles. The van der Waals surface area contributed by atoms with Crippen LogP contribution in [0.5, 0.6) is 0 Å². The highest BCUT2D eigenvalue weighted by Crippen LogP contribution is 2.31. The SMILES string of the molecule is CN(CC(=O)Nc1cccc2c1C(=O)c1ccccc1C2=O)Cc1cccc(F)c1. The van der Waals surface area contributed by atoms with Crippen LogP contribution in [-0.4, -0.2) is 36.0 Å². The van der Waals surface area contributed by atoms with Gasteiger partial charge in [0.25, 0.3) is 0 Å². The van der Waals surface area contributed by atoms with Crippen LogP contribution in [0, 0.1) is 5.82 Å². The first-order valence-corrected chi connectivity index (χ1v) is 9.48. The van der Waals surface area contributed by atoms with E-state index in [4.69, 9.17) is 0 Å². The highest BCUT2D eigenvalue weighted by molar-refractivity contribution is 6.30. The molecule has 30 heavy (non-hydrogen) atoms. The molecule has 4 rings (SSSR count). The Labute approximate surface area is 173 Å². The number of fused-ring (bicyclic) bond motifs is 2. The molecule has 0 radical (unpaired) electrons. The lowest BCUT2D eigenvalue weighted by atomic mass is 9.83. The lowest BCUT2D eigenvalue weighted by Gasteiger charge is -2.21. The summed E-state index contributed by atoms with van der Waals surface area (Å²) in [7, 11) is 1.75. The van der Waals surface area contributed by atoms with Crippen LogP contribution in [0.4, 0.5) is 10.1 Å². The van der Waals surface area contributed by atoms with Gasteiger partial charge in [0.2, 0.25) is 5.91 Å². The Kier molecular flexibility index (Phi) is 5.25. The summed E-state index contributed by atoms with van der Waals surface area (Å²) in [6, 6.07) is 17.7. The second-order valence-electron chi connectivity index (χ2n) is 7.28. The van der Waals surface area contributed by atoms with E-state index in [1.54, 1.807) is 66.5 Å². The minimum Gasteiger partial charge on any atom is -0.324 e. The third-order valence-electron chi connectivity index (χ3n) is 4.98. The smallest absolute Gasteiger partial charge is 0.238 e. The van der Waals surface area contributed by atoms with Crippen molar-refractivity contribution in [2.75, 3.05) is 18.9 Å². The fourth-order valence-corrected chi connectivity index (χ4v) is 3.69. The Hall–Kier alpha value is -3.64. The molecule has 3 aromatic carbocycles. The molecule has 0 saturated heterocycles. The van der Waals surface area contributed by atoms with Crippen molar-refractivity contribution >= 4 is 23.2 Å². The third-order valence-corrected chi connectivity index (χ3v) is 4.98. The van der Waals surface area contributed by atoms with Gasteiger partial charge in [-0.15, -0.1) is 0 Å². The normalized spacial score (nSPS) is 12.5. The Balaban J connectivity index is 1.52. The Morgan fingerprint density at radius 2 is 1.57 bits per heavy atom. The van der Waals surface area contributed by atoms with Crippen LogP contribution in [-0.2, 0) is 11.3 Å². The van der Waals surface area contributed by atoms with Crippen LogP contribution in [0.1, 0.15) is 37.4 Å². The molecular weight excluding hydrogens is 383 g/mol. The van der Waals surface area contributed by atoms with Crippen LogP contribution in [0.3, 0.4) is 0 Å². The van der Waals surface area contributed by atoms with Crippen molar-refractivity contribution in [3.8, 4) is 0 Å². The molecule has 0 heterocycles. The van der Waals surface area contributed by atoms with Crippen molar-refractivity contribution in [2.24, 2.45) is 0 Å². The van der Waals surface area contributed by atoms with Gasteiger partial charge in [0.05, 0.1) is 17.8 Å². The second kappa shape index (κ2) is 8.00. The maximum atomic E-state index is 13.3. The van der Waals surface area contributed by atoms with Gasteiger partial charge in [-0.2, -0.15) is 0 Å². The van der Waals surface area contributed by atoms with Crippen molar-refractivity contribution < 1.29 is 18.8 Å². The van der Waals surface area contributed by atoms with Crippen molar-refractivity contribution in [3.63, 3.8) is 0 Å². The number of halogens is 1. The third kappa shape index (κ3) is 3.77. The zero-order chi connectivity index (χ0) is 21.3. The number of hydrogen-bond donors (Lipinski definition) is 1. The Morgan fingerprint density at radius 3 is 2.30 bits per heavy atom. The summed E-state index contributed by atoms with van der Waals surface area (Å²) in [5.74, 6) is -1.19. The second-order valence-corrected chi connectivity index (χ2v) is 7.28. The van der Waals surface area contributed by atoms with Crippen LogP contribution in [0.25, 0.3) is 0 Å². The quantitative estimate of drug-likeness (QED) is 0.553. The Morgan fingerprint density at radius 1 is 0.900 bits per heavy atom. The predicted octanol–water partition coefficient (Wildman–Crippen LogP) is 3.67. The van der Waals surface area contributed by atoms with Gasteiger partial charge in [-0.3, -0.25) is 19.3 Å². The molecule has 1 amide bonds. The number of hydrogen-bond acceptors (Lipinski definition) is 4. The van der Waals surface area contributed by atoms with Crippen molar-refractivity contribution in [2.45, 2.75) is 6.54 Å². The summed E-state index contributed by atoms with van der Waals surface area (Å²) in [4.78, 5) is 40.1. The molecule has 0 unspecified atom stereocenters. The first kappa shape index (κ1) is 19.7. The zero-order valence-electron chi connectivity index (χ0n) is 16.3. The summed E-state index contributed by atoms with van der Waals surface area (Å²) in [6.45, 7) is 0.432. The van der Waals surface area contributed by atoms with Gasteiger partial charge in [0.15, 0.2) is 11.6 Å². The lowest BCUT2D eigenvalue weighted by Crippen LogP contribution is -2.31. The maximum Gasteiger partial charge on any atom is 0.238 e. The molecule has 150 valence electrons. The van der Waals surface area contributed by atoms with Crippen LogP contribution in [0.2, 0.25) is 0 Å². The summed E-state index contributed by atoms with van der Waals surface area (Å²) in [5, 5.41) is 2.75. The van der Waals surface area contributed by atoms with Crippen molar-refractivity contribution in [1.29, 1.82) is 0 Å². The predicted molar refractivity (Wildman–Crippen MR) is 111 cm³/mol. The molecule has 1 aliphatic rings. The number of nitrogens with one attached hydrogen (secondary N) is 1. The molecule has 0 fully saturated rings. The first-order chi connectivity index (χ1) is 14.4. The van der Waals surface area contributed by atoms with Gasteiger partial charge in [0, 0.05) is 23.2 Å². The number of likely N-dealkylation sites (N-methyl/N-ethyl adjacent to an activating group) is 1. The number of nitrogens with zero attached hydrogens (tertiary/aromatic N) is 1. The first-order valence-electron chi connectivity index (χ1n) is 9.48. The monoisotopic (exact) mass is 402 g/mol. The zero-order valence-corrected chi connectivity index (χ0v) is 16.3. The average molecular weight is 402 g/mol. The van der Waals surface area contributed by atoms with E-state index in [0.29, 0.717) is 23.4 Å². The maximum absolute atomic E-state index is 13.3. The van der Waals surface area contributed by atoms with E-state index in [1.807, 2.05) is 0 Å². The molecule has 0 aromatic heterocycles. The lowest BCUT2D eigenvalue weighted by molar-refractivity contribution is -0.117. The molecule has 0 saturated carbocycles. The fourth-order valence-electron chi connectivity index (χ4n) is 3.69. The number of amides is 1. The average Bonchev–Trinajstić information content (AvgIpc) is 2.71. The van der Waals surface area contributed by atoms with Gasteiger partial charge >= 0.3 is 0 Å². The minimum atomic E-state index is -0.332. The number of ketones is 2. The van der Waals surface area contributed by atoms with E-state index in [-0.39, 0.29) is 41.0 Å². The summed E-state index contributed by atoms with van der Waals surface area (Å²) in [6.07, 6.45) is 0. The largest absolute Gasteiger partial charge is 0.324 e. The topological polar surface area (TPSA) is 66.5 Å². The number of carbonyl (C=O) groups is 3. The molecular formula is C24H19FN2O3. The summed E-state index contributed by atoms with van der Waals surface area (Å²) in [5.41, 5.74) is 2.25. The van der Waals surface area contributed by atoms with Gasteiger partial charge < -0.3 is 5.32 Å². The number of anilines is 1. The number of carbonyl (C=O) groups excluding carboxylic acids is 3. The van der Waals surface area contributed by atoms with Crippen LogP contribution < -0.4 is 5.32 Å². The Bertz CT molecular complexity index is 1170. The van der Waals surface area contributed by atoms with Gasteiger partial charge in [0.1, 0.15) is 5.82 Å². The van der Waals surface area contributed by atoms with E-state index in [1.165, 1.54) is 12.1 Å². The van der Waals surface area contributed by atoms with E-state index in [2.05, 4.69) is 5.32 Å². The van der Waals surface area contributed by atoms with Crippen molar-refractivity contribution in [1.82, 2.24) is 4.90 Å². The standard InChI is InChI=1S/C24H19FN2O3/c1-27(13-15-6-4-7-16(25)12-15)14-21(28)26-20-11-5-10-19-22(20)24(30)18-9-3-2-8-17(18)23(19)29/h2-12H,13-14H2,1H3,(H,26,28). The molecule has 0 atom stereocenters. The molecule has 1 aliphatic carbocycles.